The minimum Gasteiger partial charge on any atom is -0.374 e. The molecule has 1 spiro atoms. The van der Waals surface area contributed by atoms with Crippen molar-refractivity contribution in [3.8, 4) is 0 Å². The van der Waals surface area contributed by atoms with Crippen molar-refractivity contribution < 1.29 is 4.74 Å². The van der Waals surface area contributed by atoms with Gasteiger partial charge in [-0.1, -0.05) is 0 Å². The molecule has 2 nitrogen and oxygen atoms in total. The molecular formula is C9H17NOS. The first kappa shape index (κ1) is 8.85. The van der Waals surface area contributed by atoms with Gasteiger partial charge < -0.3 is 10.1 Å². The lowest BCUT2D eigenvalue weighted by atomic mass is 9.93. The third-order valence-electron chi connectivity index (χ3n) is 2.93. The molecule has 0 aromatic heterocycles. The molecule has 0 aromatic carbocycles. The molecule has 70 valence electrons. The quantitative estimate of drug-likeness (QED) is 0.674. The highest BCUT2D eigenvalue weighted by molar-refractivity contribution is 7.99. The third-order valence-corrected chi connectivity index (χ3v) is 3.83. The first-order valence-electron chi connectivity index (χ1n) is 4.75. The largest absolute Gasteiger partial charge is 0.374 e. The van der Waals surface area contributed by atoms with Crippen molar-refractivity contribution in [2.45, 2.75) is 36.7 Å². The Bertz CT molecular complexity index is 157. The Morgan fingerprint density at radius 3 is 3.00 bits per heavy atom. The zero-order valence-corrected chi connectivity index (χ0v) is 8.45. The summed E-state index contributed by atoms with van der Waals surface area (Å²) >= 11 is 1.91. The summed E-state index contributed by atoms with van der Waals surface area (Å²) in [6, 6.07) is 0. The van der Waals surface area contributed by atoms with Gasteiger partial charge in [0, 0.05) is 19.6 Å². The summed E-state index contributed by atoms with van der Waals surface area (Å²) in [5, 5.41) is 4.13. The van der Waals surface area contributed by atoms with Crippen LogP contribution in [0.2, 0.25) is 0 Å². The summed E-state index contributed by atoms with van der Waals surface area (Å²) in [7, 11) is 0. The zero-order valence-electron chi connectivity index (χ0n) is 7.64. The van der Waals surface area contributed by atoms with Gasteiger partial charge in [-0.25, -0.2) is 0 Å². The molecule has 0 aromatic rings. The minimum absolute atomic E-state index is 0.214. The lowest BCUT2D eigenvalue weighted by Crippen LogP contribution is -2.38. The van der Waals surface area contributed by atoms with Gasteiger partial charge in [0.05, 0.1) is 11.0 Å². The van der Waals surface area contributed by atoms with Crippen LogP contribution in [0.15, 0.2) is 0 Å². The second-order valence-electron chi connectivity index (χ2n) is 3.80. The molecule has 2 aliphatic heterocycles. The van der Waals surface area contributed by atoms with Crippen LogP contribution in [0.3, 0.4) is 0 Å². The van der Waals surface area contributed by atoms with E-state index in [1.807, 2.05) is 11.8 Å². The fraction of sp³-hybridized carbons (Fsp3) is 1.00. The minimum atomic E-state index is 0.214. The number of ether oxygens (including phenoxy) is 1. The normalized spacial score (nSPS) is 42.2. The molecule has 0 aliphatic carbocycles. The van der Waals surface area contributed by atoms with Gasteiger partial charge in [0.2, 0.25) is 0 Å². The second kappa shape index (κ2) is 3.56. The Morgan fingerprint density at radius 2 is 2.42 bits per heavy atom. The Morgan fingerprint density at radius 1 is 1.50 bits per heavy atom. The van der Waals surface area contributed by atoms with Gasteiger partial charge in [-0.2, -0.15) is 0 Å². The molecule has 0 saturated carbocycles. The summed E-state index contributed by atoms with van der Waals surface area (Å²) in [4.78, 5) is 0. The third kappa shape index (κ3) is 1.63. The highest BCUT2D eigenvalue weighted by Gasteiger charge is 2.40. The zero-order chi connectivity index (χ0) is 8.44. The number of thioether (sulfide) groups is 1. The topological polar surface area (TPSA) is 21.3 Å². The fourth-order valence-electron chi connectivity index (χ4n) is 2.16. The predicted octanol–water partition coefficient (Wildman–Crippen LogP) is 1.61. The standard InChI is InChI=1S/C9H17NOS/c1-12-8-6-9(7-10-8)4-2-3-5-11-9/h8,10H,2-7H2,1H3. The molecule has 1 N–H and O–H groups in total. The van der Waals surface area contributed by atoms with Crippen LogP contribution in [-0.4, -0.2) is 30.4 Å². The molecule has 2 saturated heterocycles. The van der Waals surface area contributed by atoms with Gasteiger partial charge in [0.25, 0.3) is 0 Å². The maximum atomic E-state index is 5.88. The molecule has 2 unspecified atom stereocenters. The van der Waals surface area contributed by atoms with E-state index in [1.54, 1.807) is 0 Å². The molecule has 2 heterocycles. The summed E-state index contributed by atoms with van der Waals surface area (Å²) < 4.78 is 5.88. The first-order valence-corrected chi connectivity index (χ1v) is 6.04. The van der Waals surface area contributed by atoms with Crippen LogP contribution in [0.4, 0.5) is 0 Å². The van der Waals surface area contributed by atoms with Gasteiger partial charge >= 0.3 is 0 Å². The monoisotopic (exact) mass is 187 g/mol. The Balaban J connectivity index is 1.94. The van der Waals surface area contributed by atoms with Crippen LogP contribution >= 0.6 is 11.8 Å². The summed E-state index contributed by atoms with van der Waals surface area (Å²) in [6.07, 6.45) is 7.24. The van der Waals surface area contributed by atoms with Crippen LogP contribution in [0, 0.1) is 0 Å². The second-order valence-corrected chi connectivity index (χ2v) is 4.84. The lowest BCUT2D eigenvalue weighted by molar-refractivity contribution is -0.0638. The van der Waals surface area contributed by atoms with E-state index in [0.717, 1.165) is 13.2 Å². The molecule has 0 bridgehead atoms. The molecule has 2 aliphatic rings. The molecule has 3 heteroatoms. The first-order chi connectivity index (χ1) is 5.85. The van der Waals surface area contributed by atoms with Gasteiger partial charge in [0.15, 0.2) is 0 Å². The molecule has 2 rings (SSSR count). The highest BCUT2D eigenvalue weighted by Crippen LogP contribution is 2.35. The van der Waals surface area contributed by atoms with Crippen molar-refractivity contribution in [2.24, 2.45) is 0 Å². The predicted molar refractivity (Wildman–Crippen MR) is 52.5 cm³/mol. The molecule has 0 radical (unpaired) electrons. The van der Waals surface area contributed by atoms with Crippen molar-refractivity contribution in [1.82, 2.24) is 5.32 Å². The molecular weight excluding hydrogens is 170 g/mol. The van der Waals surface area contributed by atoms with E-state index in [-0.39, 0.29) is 5.60 Å². The molecule has 0 amide bonds. The van der Waals surface area contributed by atoms with Gasteiger partial charge in [0.1, 0.15) is 0 Å². The Hall–Kier alpha value is 0.270. The average Bonchev–Trinajstić information content (AvgIpc) is 2.50. The van der Waals surface area contributed by atoms with Gasteiger partial charge in [-0.05, 0) is 25.5 Å². The summed E-state index contributed by atoms with van der Waals surface area (Å²) in [5.41, 5.74) is 0.214. The summed E-state index contributed by atoms with van der Waals surface area (Å²) in [6.45, 7) is 2.04. The molecule has 2 atom stereocenters. The van der Waals surface area contributed by atoms with E-state index in [2.05, 4.69) is 11.6 Å². The fourth-order valence-corrected chi connectivity index (χ4v) is 2.88. The van der Waals surface area contributed by atoms with Crippen molar-refractivity contribution in [2.75, 3.05) is 19.4 Å². The molecule has 2 fully saturated rings. The van der Waals surface area contributed by atoms with Crippen molar-refractivity contribution in [3.05, 3.63) is 0 Å². The number of rotatable bonds is 1. The van der Waals surface area contributed by atoms with Crippen molar-refractivity contribution in [3.63, 3.8) is 0 Å². The van der Waals surface area contributed by atoms with E-state index in [1.165, 1.54) is 25.7 Å². The number of hydrogen-bond donors (Lipinski definition) is 1. The van der Waals surface area contributed by atoms with Crippen LogP contribution in [0.1, 0.15) is 25.7 Å². The smallest absolute Gasteiger partial charge is 0.0829 e. The van der Waals surface area contributed by atoms with E-state index in [4.69, 9.17) is 4.74 Å². The SMILES string of the molecule is CSC1CC2(CCCCO2)CN1. The van der Waals surface area contributed by atoms with E-state index in [9.17, 15) is 0 Å². The Labute approximate surface area is 78.4 Å². The number of hydrogen-bond acceptors (Lipinski definition) is 3. The van der Waals surface area contributed by atoms with E-state index >= 15 is 0 Å². The van der Waals surface area contributed by atoms with Crippen LogP contribution in [0.5, 0.6) is 0 Å². The van der Waals surface area contributed by atoms with Crippen LogP contribution in [0.25, 0.3) is 0 Å². The van der Waals surface area contributed by atoms with E-state index < -0.39 is 0 Å². The Kier molecular flexibility index (Phi) is 2.63. The summed E-state index contributed by atoms with van der Waals surface area (Å²) in [5.74, 6) is 0. The highest BCUT2D eigenvalue weighted by atomic mass is 32.2. The number of nitrogens with one attached hydrogen (secondary N) is 1. The van der Waals surface area contributed by atoms with Gasteiger partial charge in [-0.3, -0.25) is 0 Å². The maximum Gasteiger partial charge on any atom is 0.0829 e. The van der Waals surface area contributed by atoms with Crippen molar-refractivity contribution in [1.29, 1.82) is 0 Å². The average molecular weight is 187 g/mol. The maximum absolute atomic E-state index is 5.88. The molecule has 12 heavy (non-hydrogen) atoms. The van der Waals surface area contributed by atoms with Crippen molar-refractivity contribution >= 4 is 11.8 Å². The van der Waals surface area contributed by atoms with Gasteiger partial charge in [-0.15, -0.1) is 11.8 Å². The van der Waals surface area contributed by atoms with Crippen LogP contribution in [-0.2, 0) is 4.74 Å². The van der Waals surface area contributed by atoms with Crippen LogP contribution < -0.4 is 5.32 Å². The van der Waals surface area contributed by atoms with E-state index in [0.29, 0.717) is 5.37 Å². The lowest BCUT2D eigenvalue weighted by Gasteiger charge is -2.32.